The highest BCUT2D eigenvalue weighted by Crippen LogP contribution is 2.24. The van der Waals surface area contributed by atoms with Crippen molar-refractivity contribution >= 4 is 5.69 Å². The number of hydrogen-bond acceptors (Lipinski definition) is 2. The van der Waals surface area contributed by atoms with Crippen molar-refractivity contribution in [1.82, 2.24) is 5.32 Å². The van der Waals surface area contributed by atoms with Gasteiger partial charge in [0.25, 0.3) is 0 Å². The van der Waals surface area contributed by atoms with E-state index in [2.05, 4.69) is 56.2 Å². The van der Waals surface area contributed by atoms with Gasteiger partial charge >= 0.3 is 0 Å². The van der Waals surface area contributed by atoms with E-state index in [0.29, 0.717) is 0 Å². The predicted octanol–water partition coefficient (Wildman–Crippen LogP) is 3.73. The molecule has 2 rings (SSSR count). The van der Waals surface area contributed by atoms with E-state index in [9.17, 15) is 0 Å². The third kappa shape index (κ3) is 4.54. The molecule has 1 N–H and O–H groups in total. The average Bonchev–Trinajstić information content (AvgIpc) is 3.17. The molecule has 106 valence electrons. The normalized spacial score (nSPS) is 15.0. The minimum absolute atomic E-state index is 0.765. The molecule has 2 nitrogen and oxygen atoms in total. The molecule has 2 heteroatoms. The van der Waals surface area contributed by atoms with Gasteiger partial charge in [0, 0.05) is 31.9 Å². The van der Waals surface area contributed by atoms with Gasteiger partial charge in [-0.25, -0.2) is 0 Å². The van der Waals surface area contributed by atoms with Crippen LogP contribution in [0, 0.1) is 12.8 Å². The Morgan fingerprint density at radius 3 is 2.68 bits per heavy atom. The largest absolute Gasteiger partial charge is 0.374 e. The van der Waals surface area contributed by atoms with Crippen LogP contribution in [-0.4, -0.2) is 19.6 Å². The maximum atomic E-state index is 3.63. The Kier molecular flexibility index (Phi) is 4.87. The van der Waals surface area contributed by atoms with Crippen LogP contribution in [0.15, 0.2) is 18.2 Å². The molecule has 0 aromatic heterocycles. The van der Waals surface area contributed by atoms with Gasteiger partial charge in [0.15, 0.2) is 0 Å². The summed E-state index contributed by atoms with van der Waals surface area (Å²) in [6.45, 7) is 8.90. The van der Waals surface area contributed by atoms with Crippen LogP contribution >= 0.6 is 0 Å². The van der Waals surface area contributed by atoms with Crippen molar-refractivity contribution in [2.45, 2.75) is 52.6 Å². The smallest absolute Gasteiger partial charge is 0.0409 e. The van der Waals surface area contributed by atoms with Crippen LogP contribution in [0.5, 0.6) is 0 Å². The lowest BCUT2D eigenvalue weighted by Crippen LogP contribution is -2.23. The minimum atomic E-state index is 0.765. The molecular weight excluding hydrogens is 232 g/mol. The second-order valence-corrected chi connectivity index (χ2v) is 6.39. The zero-order valence-corrected chi connectivity index (χ0v) is 12.9. The highest BCUT2D eigenvalue weighted by Gasteiger charge is 2.20. The molecular formula is C17H28N2. The van der Waals surface area contributed by atoms with Gasteiger partial charge in [0.2, 0.25) is 0 Å². The van der Waals surface area contributed by atoms with Gasteiger partial charge < -0.3 is 10.2 Å². The van der Waals surface area contributed by atoms with Gasteiger partial charge in [-0.1, -0.05) is 31.5 Å². The monoisotopic (exact) mass is 260 g/mol. The minimum Gasteiger partial charge on any atom is -0.374 e. The third-order valence-electron chi connectivity index (χ3n) is 3.85. The van der Waals surface area contributed by atoms with Crippen LogP contribution in [-0.2, 0) is 6.54 Å². The van der Waals surface area contributed by atoms with Gasteiger partial charge in [-0.3, -0.25) is 0 Å². The van der Waals surface area contributed by atoms with Crippen molar-refractivity contribution < 1.29 is 0 Å². The highest BCUT2D eigenvalue weighted by atomic mass is 15.1. The van der Waals surface area contributed by atoms with Crippen molar-refractivity contribution in [2.24, 2.45) is 5.92 Å². The number of nitrogens with zero attached hydrogens (tertiary/aromatic N) is 1. The van der Waals surface area contributed by atoms with Crippen molar-refractivity contribution in [3.05, 3.63) is 29.3 Å². The zero-order chi connectivity index (χ0) is 13.8. The summed E-state index contributed by atoms with van der Waals surface area (Å²) in [5.74, 6) is 0.765. The van der Waals surface area contributed by atoms with E-state index in [0.717, 1.165) is 25.0 Å². The van der Waals surface area contributed by atoms with E-state index in [1.54, 1.807) is 0 Å². The molecule has 1 aliphatic carbocycles. The molecule has 1 aliphatic rings. The van der Waals surface area contributed by atoms with Crippen LogP contribution in [0.1, 0.15) is 44.2 Å². The average molecular weight is 260 g/mol. The fraction of sp³-hybridized carbons (Fsp3) is 0.647. The number of rotatable bonds is 7. The number of benzene rings is 1. The standard InChI is InChI=1S/C17H28N2/c1-13(2)9-10-19(4)17-8-5-14(3)11-15(17)12-18-16-6-7-16/h5,8,11,13,16,18H,6-7,9-10,12H2,1-4H3. The molecule has 0 spiro atoms. The quantitative estimate of drug-likeness (QED) is 0.803. The first-order valence-corrected chi connectivity index (χ1v) is 7.60. The van der Waals surface area contributed by atoms with Crippen molar-refractivity contribution in [3.63, 3.8) is 0 Å². The summed E-state index contributed by atoms with van der Waals surface area (Å²) in [6.07, 6.45) is 3.95. The van der Waals surface area contributed by atoms with Crippen molar-refractivity contribution in [3.8, 4) is 0 Å². The lowest BCUT2D eigenvalue weighted by molar-refractivity contribution is 0.584. The number of aryl methyl sites for hydroxylation is 1. The fourth-order valence-corrected chi connectivity index (χ4v) is 2.34. The second-order valence-electron chi connectivity index (χ2n) is 6.39. The molecule has 1 saturated carbocycles. The van der Waals surface area contributed by atoms with Crippen LogP contribution in [0.3, 0.4) is 0 Å². The van der Waals surface area contributed by atoms with E-state index >= 15 is 0 Å². The molecule has 1 aromatic rings. The van der Waals surface area contributed by atoms with Crippen molar-refractivity contribution in [2.75, 3.05) is 18.5 Å². The topological polar surface area (TPSA) is 15.3 Å². The maximum absolute atomic E-state index is 3.63. The van der Waals surface area contributed by atoms with E-state index in [-0.39, 0.29) is 0 Å². The molecule has 0 saturated heterocycles. The predicted molar refractivity (Wildman–Crippen MR) is 83.8 cm³/mol. The van der Waals surface area contributed by atoms with Gasteiger partial charge in [-0.15, -0.1) is 0 Å². The molecule has 0 atom stereocenters. The van der Waals surface area contributed by atoms with Crippen LogP contribution < -0.4 is 10.2 Å². The Labute approximate surface area is 118 Å². The summed E-state index contributed by atoms with van der Waals surface area (Å²) in [4.78, 5) is 2.41. The Hall–Kier alpha value is -1.02. The summed E-state index contributed by atoms with van der Waals surface area (Å²) in [7, 11) is 2.22. The van der Waals surface area contributed by atoms with E-state index in [4.69, 9.17) is 0 Å². The zero-order valence-electron chi connectivity index (χ0n) is 12.9. The molecule has 0 aliphatic heterocycles. The van der Waals surface area contributed by atoms with E-state index < -0.39 is 0 Å². The Bertz CT molecular complexity index is 408. The molecule has 0 bridgehead atoms. The summed E-state index contributed by atoms with van der Waals surface area (Å²) >= 11 is 0. The molecule has 19 heavy (non-hydrogen) atoms. The Balaban J connectivity index is 2.03. The number of anilines is 1. The molecule has 0 radical (unpaired) electrons. The summed E-state index contributed by atoms with van der Waals surface area (Å²) in [6, 6.07) is 7.60. The lowest BCUT2D eigenvalue weighted by atomic mass is 10.1. The summed E-state index contributed by atoms with van der Waals surface area (Å²) < 4.78 is 0. The van der Waals surface area contributed by atoms with Gasteiger partial charge in [-0.05, 0) is 43.7 Å². The van der Waals surface area contributed by atoms with Crippen molar-refractivity contribution in [1.29, 1.82) is 0 Å². The first-order chi connectivity index (χ1) is 9.06. The van der Waals surface area contributed by atoms with Crippen LogP contribution in [0.4, 0.5) is 5.69 Å². The highest BCUT2D eigenvalue weighted by molar-refractivity contribution is 5.54. The first-order valence-electron chi connectivity index (χ1n) is 7.60. The van der Waals surface area contributed by atoms with E-state index in [1.165, 1.54) is 36.1 Å². The van der Waals surface area contributed by atoms with E-state index in [1.807, 2.05) is 0 Å². The first kappa shape index (κ1) is 14.4. The SMILES string of the molecule is Cc1ccc(N(C)CCC(C)C)c(CNC2CC2)c1. The molecule has 0 unspecified atom stereocenters. The van der Waals surface area contributed by atoms with Crippen LogP contribution in [0.2, 0.25) is 0 Å². The summed E-state index contributed by atoms with van der Waals surface area (Å²) in [5, 5.41) is 3.63. The van der Waals surface area contributed by atoms with Gasteiger partial charge in [-0.2, -0.15) is 0 Å². The second kappa shape index (κ2) is 6.42. The molecule has 0 heterocycles. The number of hydrogen-bond donors (Lipinski definition) is 1. The molecule has 0 amide bonds. The molecule has 1 fully saturated rings. The maximum Gasteiger partial charge on any atom is 0.0409 e. The Morgan fingerprint density at radius 2 is 2.05 bits per heavy atom. The van der Waals surface area contributed by atoms with Gasteiger partial charge in [0.05, 0.1) is 0 Å². The fourth-order valence-electron chi connectivity index (χ4n) is 2.34. The molecule has 1 aromatic carbocycles. The number of nitrogens with one attached hydrogen (secondary N) is 1. The Morgan fingerprint density at radius 1 is 1.32 bits per heavy atom. The van der Waals surface area contributed by atoms with Crippen LogP contribution in [0.25, 0.3) is 0 Å². The summed E-state index contributed by atoms with van der Waals surface area (Å²) in [5.41, 5.74) is 4.19. The third-order valence-corrected chi connectivity index (χ3v) is 3.85. The lowest BCUT2D eigenvalue weighted by Gasteiger charge is -2.24. The van der Waals surface area contributed by atoms with Gasteiger partial charge in [0.1, 0.15) is 0 Å².